The van der Waals surface area contributed by atoms with E-state index in [1.54, 1.807) is 18.2 Å². The molecule has 28 heavy (non-hydrogen) atoms. The molecule has 0 saturated carbocycles. The van der Waals surface area contributed by atoms with Gasteiger partial charge < -0.3 is 5.32 Å². The standard InChI is InChI=1S/C19H13BrClFN2O3S/c20-18-10-13(22)6-9-17(18)19(25)23-15-2-1-3-16(11-15)28(26,27)24-14-7-4-12(21)5-8-14/h1-11,24H,(H,23,25). The topological polar surface area (TPSA) is 75.3 Å². The number of anilines is 2. The molecule has 0 aliphatic rings. The highest BCUT2D eigenvalue weighted by Gasteiger charge is 2.16. The first-order valence-electron chi connectivity index (χ1n) is 7.89. The Morgan fingerprint density at radius 2 is 1.68 bits per heavy atom. The summed E-state index contributed by atoms with van der Waals surface area (Å²) in [6.45, 7) is 0. The summed E-state index contributed by atoms with van der Waals surface area (Å²) in [5, 5.41) is 3.09. The van der Waals surface area contributed by atoms with Gasteiger partial charge in [0.2, 0.25) is 0 Å². The molecular formula is C19H13BrClFN2O3S. The zero-order valence-electron chi connectivity index (χ0n) is 14.1. The molecule has 0 aromatic heterocycles. The maximum atomic E-state index is 13.2. The van der Waals surface area contributed by atoms with Crippen molar-refractivity contribution in [3.05, 3.63) is 87.6 Å². The van der Waals surface area contributed by atoms with Crippen LogP contribution in [0.4, 0.5) is 15.8 Å². The van der Waals surface area contributed by atoms with E-state index in [0.29, 0.717) is 10.7 Å². The van der Waals surface area contributed by atoms with Crippen molar-refractivity contribution in [1.82, 2.24) is 0 Å². The Morgan fingerprint density at radius 3 is 2.36 bits per heavy atom. The van der Waals surface area contributed by atoms with E-state index in [9.17, 15) is 17.6 Å². The van der Waals surface area contributed by atoms with Crippen molar-refractivity contribution in [1.29, 1.82) is 0 Å². The second-order valence-electron chi connectivity index (χ2n) is 5.72. The number of amides is 1. The predicted octanol–water partition coefficient (Wildman–Crippen LogP) is 5.29. The van der Waals surface area contributed by atoms with Crippen molar-refractivity contribution >= 4 is 54.8 Å². The molecule has 9 heteroatoms. The van der Waals surface area contributed by atoms with Crippen LogP contribution in [0.25, 0.3) is 0 Å². The Kier molecular flexibility index (Phi) is 6.02. The van der Waals surface area contributed by atoms with Gasteiger partial charge in [-0.2, -0.15) is 0 Å². The first kappa shape index (κ1) is 20.3. The number of hydrogen-bond acceptors (Lipinski definition) is 3. The maximum Gasteiger partial charge on any atom is 0.261 e. The molecule has 3 rings (SSSR count). The molecule has 3 aromatic rings. The highest BCUT2D eigenvalue weighted by Crippen LogP contribution is 2.23. The number of benzene rings is 3. The van der Waals surface area contributed by atoms with Gasteiger partial charge in [-0.15, -0.1) is 0 Å². The third-order valence-electron chi connectivity index (χ3n) is 3.67. The minimum atomic E-state index is -3.87. The van der Waals surface area contributed by atoms with Crippen LogP contribution in [0.2, 0.25) is 5.02 Å². The highest BCUT2D eigenvalue weighted by atomic mass is 79.9. The second kappa shape index (κ2) is 8.30. The first-order valence-corrected chi connectivity index (χ1v) is 10.5. The number of carbonyl (C=O) groups is 1. The Hall–Kier alpha value is -2.42. The molecule has 0 saturated heterocycles. The molecule has 0 atom stereocenters. The molecule has 3 aromatic carbocycles. The molecule has 5 nitrogen and oxygen atoms in total. The normalized spacial score (nSPS) is 11.1. The van der Waals surface area contributed by atoms with Crippen LogP contribution in [-0.2, 0) is 10.0 Å². The number of halogens is 3. The quantitative estimate of drug-likeness (QED) is 0.517. The largest absolute Gasteiger partial charge is 0.322 e. The van der Waals surface area contributed by atoms with Gasteiger partial charge in [0.1, 0.15) is 5.82 Å². The average molecular weight is 484 g/mol. The van der Waals surface area contributed by atoms with Gasteiger partial charge in [-0.05, 0) is 76.6 Å². The van der Waals surface area contributed by atoms with Crippen LogP contribution in [-0.4, -0.2) is 14.3 Å². The lowest BCUT2D eigenvalue weighted by molar-refractivity contribution is 0.102. The summed E-state index contributed by atoms with van der Waals surface area (Å²) < 4.78 is 41.1. The number of hydrogen-bond donors (Lipinski definition) is 2. The molecule has 0 fully saturated rings. The monoisotopic (exact) mass is 482 g/mol. The van der Waals surface area contributed by atoms with E-state index < -0.39 is 21.7 Å². The van der Waals surface area contributed by atoms with Crippen LogP contribution in [0.1, 0.15) is 10.4 Å². The third-order valence-corrected chi connectivity index (χ3v) is 5.96. The van der Waals surface area contributed by atoms with Gasteiger partial charge in [0.05, 0.1) is 10.5 Å². The summed E-state index contributed by atoms with van der Waals surface area (Å²) in [5.74, 6) is -0.989. The van der Waals surface area contributed by atoms with Crippen LogP contribution in [0, 0.1) is 5.82 Å². The van der Waals surface area contributed by atoms with Crippen molar-refractivity contribution in [3.63, 3.8) is 0 Å². The van der Waals surface area contributed by atoms with Gasteiger partial charge in [0.25, 0.3) is 15.9 Å². The SMILES string of the molecule is O=C(Nc1cccc(S(=O)(=O)Nc2ccc(Cl)cc2)c1)c1ccc(F)cc1Br. The summed E-state index contributed by atoms with van der Waals surface area (Å²) >= 11 is 8.93. The minimum absolute atomic E-state index is 0.0292. The number of nitrogens with one attached hydrogen (secondary N) is 2. The summed E-state index contributed by atoms with van der Waals surface area (Å²) in [6.07, 6.45) is 0. The minimum Gasteiger partial charge on any atom is -0.322 e. The van der Waals surface area contributed by atoms with Crippen LogP contribution in [0.15, 0.2) is 76.1 Å². The average Bonchev–Trinajstić information content (AvgIpc) is 2.63. The molecule has 2 N–H and O–H groups in total. The third kappa shape index (κ3) is 4.89. The smallest absolute Gasteiger partial charge is 0.261 e. The molecule has 0 radical (unpaired) electrons. The van der Waals surface area contributed by atoms with Gasteiger partial charge in [-0.3, -0.25) is 9.52 Å². The predicted molar refractivity (Wildman–Crippen MR) is 111 cm³/mol. The fourth-order valence-electron chi connectivity index (χ4n) is 2.35. The van der Waals surface area contributed by atoms with Gasteiger partial charge >= 0.3 is 0 Å². The Balaban J connectivity index is 1.81. The van der Waals surface area contributed by atoms with Crippen LogP contribution < -0.4 is 10.0 Å². The zero-order chi connectivity index (χ0) is 20.3. The molecule has 1 amide bonds. The lowest BCUT2D eigenvalue weighted by Gasteiger charge is -2.11. The van der Waals surface area contributed by atoms with Gasteiger partial charge in [0, 0.05) is 20.9 Å². The number of rotatable bonds is 5. The summed E-state index contributed by atoms with van der Waals surface area (Å²) in [6, 6.07) is 15.7. The molecule has 0 spiro atoms. The number of sulfonamides is 1. The Morgan fingerprint density at radius 1 is 0.964 bits per heavy atom. The van der Waals surface area contributed by atoms with Crippen molar-refractivity contribution in [2.24, 2.45) is 0 Å². The van der Waals surface area contributed by atoms with Gasteiger partial charge in [0.15, 0.2) is 0 Å². The zero-order valence-corrected chi connectivity index (χ0v) is 17.3. The molecule has 0 aliphatic heterocycles. The van der Waals surface area contributed by atoms with E-state index in [1.165, 1.54) is 42.5 Å². The summed E-state index contributed by atoms with van der Waals surface area (Å²) in [4.78, 5) is 12.4. The van der Waals surface area contributed by atoms with Crippen LogP contribution >= 0.6 is 27.5 Å². The maximum absolute atomic E-state index is 13.2. The van der Waals surface area contributed by atoms with Crippen molar-refractivity contribution in [2.45, 2.75) is 4.90 Å². The van der Waals surface area contributed by atoms with E-state index in [-0.39, 0.29) is 20.6 Å². The van der Waals surface area contributed by atoms with Crippen molar-refractivity contribution in [3.8, 4) is 0 Å². The number of carbonyl (C=O) groups excluding carboxylic acids is 1. The van der Waals surface area contributed by atoms with Crippen molar-refractivity contribution in [2.75, 3.05) is 10.0 Å². The molecule has 0 unspecified atom stereocenters. The Bertz CT molecular complexity index is 1140. The highest BCUT2D eigenvalue weighted by molar-refractivity contribution is 9.10. The van der Waals surface area contributed by atoms with Crippen LogP contribution in [0.5, 0.6) is 0 Å². The fourth-order valence-corrected chi connectivity index (χ4v) is 4.11. The van der Waals surface area contributed by atoms with Gasteiger partial charge in [-0.1, -0.05) is 17.7 Å². The summed E-state index contributed by atoms with van der Waals surface area (Å²) in [7, 11) is -3.87. The lowest BCUT2D eigenvalue weighted by atomic mass is 10.2. The van der Waals surface area contributed by atoms with E-state index in [2.05, 4.69) is 26.0 Å². The van der Waals surface area contributed by atoms with E-state index in [1.807, 2.05) is 0 Å². The van der Waals surface area contributed by atoms with E-state index in [0.717, 1.165) is 6.07 Å². The van der Waals surface area contributed by atoms with Crippen LogP contribution in [0.3, 0.4) is 0 Å². The van der Waals surface area contributed by atoms with E-state index >= 15 is 0 Å². The molecule has 0 heterocycles. The van der Waals surface area contributed by atoms with Crippen molar-refractivity contribution < 1.29 is 17.6 Å². The molecular weight excluding hydrogens is 471 g/mol. The lowest BCUT2D eigenvalue weighted by Crippen LogP contribution is -2.15. The van der Waals surface area contributed by atoms with Gasteiger partial charge in [-0.25, -0.2) is 12.8 Å². The molecule has 0 aliphatic carbocycles. The summed E-state index contributed by atoms with van der Waals surface area (Å²) in [5.41, 5.74) is 0.850. The molecule has 144 valence electrons. The molecule has 0 bridgehead atoms. The van der Waals surface area contributed by atoms with E-state index in [4.69, 9.17) is 11.6 Å². The first-order chi connectivity index (χ1) is 13.2. The Labute approximate surface area is 174 Å². The fraction of sp³-hybridized carbons (Fsp3) is 0. The second-order valence-corrected chi connectivity index (χ2v) is 8.69.